The summed E-state index contributed by atoms with van der Waals surface area (Å²) in [6.45, 7) is 1.35. The molecule has 4 radical (unpaired) electrons. The van der Waals surface area contributed by atoms with E-state index in [1.807, 2.05) is 0 Å². The zero-order valence-electron chi connectivity index (χ0n) is 10.7. The van der Waals surface area contributed by atoms with E-state index in [-0.39, 0.29) is 43.0 Å². The Bertz CT molecular complexity index is 596. The Labute approximate surface area is 148 Å². The van der Waals surface area contributed by atoms with Gasteiger partial charge in [0.05, 0.1) is 0 Å². The van der Waals surface area contributed by atoms with Crippen molar-refractivity contribution in [3.63, 3.8) is 0 Å². The van der Waals surface area contributed by atoms with Crippen LogP contribution in [0.1, 0.15) is 5.56 Å². The van der Waals surface area contributed by atoms with Crippen molar-refractivity contribution in [1.29, 1.82) is 0 Å². The summed E-state index contributed by atoms with van der Waals surface area (Å²) in [5.74, 6) is -0.314. The molecule has 1 aromatic carbocycles. The van der Waals surface area contributed by atoms with Crippen molar-refractivity contribution in [2.24, 2.45) is 0 Å². The average Bonchev–Trinajstić information content (AvgIpc) is 2.38. The van der Waals surface area contributed by atoms with Crippen molar-refractivity contribution < 1.29 is 26.5 Å². The molecule has 0 heterocycles. The van der Waals surface area contributed by atoms with Crippen molar-refractivity contribution in [2.45, 2.75) is 6.92 Å². The molecule has 0 aromatic heterocycles. The molecule has 0 saturated heterocycles. The number of hydrogen-bond acceptors (Lipinski definition) is 9. The molecule has 0 bridgehead atoms. The van der Waals surface area contributed by atoms with Crippen LogP contribution in [0.25, 0.3) is 0 Å². The molecule has 1 aromatic rings. The van der Waals surface area contributed by atoms with Gasteiger partial charge in [0.15, 0.2) is 0 Å². The predicted octanol–water partition coefficient (Wildman–Crippen LogP) is -0.341. The topological polar surface area (TPSA) is 189 Å². The van der Waals surface area contributed by atoms with E-state index in [2.05, 4.69) is 2.79 Å². The van der Waals surface area contributed by atoms with E-state index in [0.717, 1.165) is 6.07 Å². The van der Waals surface area contributed by atoms with Crippen LogP contribution >= 0.6 is 0 Å². The molecule has 13 nitrogen and oxygen atoms in total. The molecule has 0 spiro atoms. The summed E-state index contributed by atoms with van der Waals surface area (Å²) < 4.78 is 14.2. The molecular formula is C7H7N3O10Pb2. The Hall–Kier alpha value is -1.22. The summed E-state index contributed by atoms with van der Waals surface area (Å²) in [6, 6.07) is 1.77. The molecular weight excluding hydrogens is 700 g/mol. The number of benzene rings is 1. The van der Waals surface area contributed by atoms with Gasteiger partial charge in [-0.3, -0.25) is 0 Å². The fourth-order valence-electron chi connectivity index (χ4n) is 1.31. The third kappa shape index (κ3) is 5.53. The third-order valence-corrected chi connectivity index (χ3v) is 11.0. The maximum Gasteiger partial charge on any atom is -0.412 e. The minimum Gasteiger partial charge on any atom is -0.412 e. The van der Waals surface area contributed by atoms with Crippen molar-refractivity contribution in [1.82, 2.24) is 0 Å². The molecule has 0 amide bonds. The SMILES string of the molecule is Cc1cc([N+](=O)[O-])cc([N+](=O)[O-])c1[O][Pb]([O][Pb])[O][N+](=O)[O-].O. The van der Waals surface area contributed by atoms with E-state index >= 15 is 0 Å². The molecule has 0 aliphatic carbocycles. The summed E-state index contributed by atoms with van der Waals surface area (Å²) in [5.41, 5.74) is -1.07. The van der Waals surface area contributed by atoms with Crippen LogP contribution in [0.5, 0.6) is 5.75 Å². The molecule has 0 aliphatic heterocycles. The molecule has 0 unspecified atom stereocenters. The average molecular weight is 708 g/mol. The van der Waals surface area contributed by atoms with Gasteiger partial charge in [0.25, 0.3) is 0 Å². The van der Waals surface area contributed by atoms with E-state index in [1.54, 1.807) is 0 Å². The van der Waals surface area contributed by atoms with E-state index < -0.39 is 50.4 Å². The van der Waals surface area contributed by atoms with Crippen LogP contribution in [0.2, 0.25) is 0 Å². The zero-order valence-corrected chi connectivity index (χ0v) is 18.4. The predicted molar refractivity (Wildman–Crippen MR) is 69.4 cm³/mol. The second kappa shape index (κ2) is 9.04. The Morgan fingerprint density at radius 1 is 1.14 bits per heavy atom. The number of non-ortho nitro benzene ring substituents is 1. The monoisotopic (exact) mass is 709 g/mol. The molecule has 22 heavy (non-hydrogen) atoms. The fraction of sp³-hybridized carbons (Fsp3) is 0.143. The van der Waals surface area contributed by atoms with Crippen molar-refractivity contribution in [3.8, 4) is 5.75 Å². The van der Waals surface area contributed by atoms with Gasteiger partial charge in [-0.05, 0) is 0 Å². The summed E-state index contributed by atoms with van der Waals surface area (Å²) in [7, 11) is 0. The van der Waals surface area contributed by atoms with Gasteiger partial charge in [-0.15, -0.1) is 0 Å². The van der Waals surface area contributed by atoms with E-state index in [4.69, 9.17) is 3.32 Å². The minimum absolute atomic E-state index is 0. The second-order valence-corrected chi connectivity index (χ2v) is 14.6. The quantitative estimate of drug-likeness (QED) is 0.208. The van der Waals surface area contributed by atoms with Crippen molar-refractivity contribution in [2.75, 3.05) is 0 Å². The molecule has 0 saturated carbocycles. The van der Waals surface area contributed by atoms with Gasteiger partial charge in [0.2, 0.25) is 0 Å². The number of nitro groups is 2. The molecule has 15 heteroatoms. The Kier molecular flexibility index (Phi) is 8.54. The molecule has 0 aliphatic rings. The normalized spacial score (nSPS) is 9.77. The van der Waals surface area contributed by atoms with Crippen LogP contribution < -0.4 is 2.69 Å². The third-order valence-electron chi connectivity index (χ3n) is 2.07. The standard InChI is InChI=1S/C7H6N2O5.NO3.H2O.O.2Pb/c1-4-2-5(8(11)12)3-6(7(4)10)9(13)14;2-1(3)4;;;;/h2-3,10H,1H3;;1H2;;;/q;-1;;;;+2/p-1. The van der Waals surface area contributed by atoms with Gasteiger partial charge < -0.3 is 5.48 Å². The van der Waals surface area contributed by atoms with Crippen LogP contribution in [-0.4, -0.2) is 70.7 Å². The summed E-state index contributed by atoms with van der Waals surface area (Å²) in [5, 5.41) is 30.8. The molecule has 118 valence electrons. The first-order chi connectivity index (χ1) is 9.76. The minimum atomic E-state index is -4.03. The first-order valence-electron chi connectivity index (χ1n) is 4.90. The maximum atomic E-state index is 11.0. The molecule has 1 rings (SSSR count). The van der Waals surface area contributed by atoms with Crippen molar-refractivity contribution in [3.05, 3.63) is 48.0 Å². The van der Waals surface area contributed by atoms with Crippen LogP contribution in [0.15, 0.2) is 12.1 Å². The first-order valence-corrected chi connectivity index (χ1v) is 11.2. The van der Waals surface area contributed by atoms with Gasteiger partial charge in [0.1, 0.15) is 0 Å². The van der Waals surface area contributed by atoms with Gasteiger partial charge in [-0.25, -0.2) is 0 Å². The first kappa shape index (κ1) is 20.8. The van der Waals surface area contributed by atoms with Crippen LogP contribution in [0.4, 0.5) is 11.4 Å². The van der Waals surface area contributed by atoms with E-state index in [0.29, 0.717) is 6.07 Å². The Morgan fingerprint density at radius 2 is 1.73 bits per heavy atom. The molecule has 0 atom stereocenters. The number of nitrogens with zero attached hydrogens (tertiary/aromatic N) is 3. The van der Waals surface area contributed by atoms with Gasteiger partial charge in [0, 0.05) is 0 Å². The summed E-state index contributed by atoms with van der Waals surface area (Å²) in [4.78, 5) is 30.3. The Morgan fingerprint density at radius 3 is 2.14 bits per heavy atom. The van der Waals surface area contributed by atoms with Gasteiger partial charge in [-0.1, -0.05) is 0 Å². The summed E-state index contributed by atoms with van der Waals surface area (Å²) >= 11 is -3.94. The van der Waals surface area contributed by atoms with E-state index in [1.165, 1.54) is 6.92 Å². The maximum absolute atomic E-state index is 11.0. The van der Waals surface area contributed by atoms with Crippen LogP contribution in [0, 0.1) is 37.3 Å². The number of hydrogen-bond donors (Lipinski definition) is 0. The van der Waals surface area contributed by atoms with E-state index in [9.17, 15) is 30.3 Å². The van der Waals surface area contributed by atoms with Crippen LogP contribution in [0.3, 0.4) is 0 Å². The number of aryl methyl sites for hydroxylation is 1. The summed E-state index contributed by atoms with van der Waals surface area (Å²) in [6.07, 6.45) is 0. The smallest absolute Gasteiger partial charge is 0.412 e. The fourth-order valence-corrected chi connectivity index (χ4v) is 6.61. The number of rotatable bonds is 7. The van der Waals surface area contributed by atoms with Crippen LogP contribution in [-0.2, 0) is 3.43 Å². The largest absolute Gasteiger partial charge is 0.412 e. The van der Waals surface area contributed by atoms with Crippen molar-refractivity contribution >= 4 is 61.7 Å². The number of nitro benzene ring substituents is 2. The van der Waals surface area contributed by atoms with Gasteiger partial charge in [-0.2, -0.15) is 0 Å². The molecule has 2 N–H and O–H groups in total. The van der Waals surface area contributed by atoms with Gasteiger partial charge >= 0.3 is 143 Å². The second-order valence-electron chi connectivity index (χ2n) is 3.39. The molecule has 0 fully saturated rings. The zero-order chi connectivity index (χ0) is 16.2. The Balaban J connectivity index is 0.00000441.